The molecule has 1 aliphatic heterocycles. The Labute approximate surface area is 180 Å². The zero-order valence-electron chi connectivity index (χ0n) is 16.1. The SMILES string of the molecule is O=c1[nH]c(=O)c(C2=Nc3ccccc3NC(c3cn[nH]c3-c3ccccc3)C2)c(O)s1. The van der Waals surface area contributed by atoms with Crippen molar-refractivity contribution in [2.75, 3.05) is 5.32 Å². The number of H-pyrrole nitrogens is 2. The van der Waals surface area contributed by atoms with Crippen molar-refractivity contribution in [2.45, 2.75) is 12.5 Å². The van der Waals surface area contributed by atoms with Gasteiger partial charge in [-0.2, -0.15) is 5.10 Å². The van der Waals surface area contributed by atoms with Crippen molar-refractivity contribution in [1.82, 2.24) is 15.2 Å². The number of aliphatic imine (C=N–C) groups is 1. The summed E-state index contributed by atoms with van der Waals surface area (Å²) in [5.41, 5.74) is 3.90. The van der Waals surface area contributed by atoms with Crippen LogP contribution in [0.15, 0.2) is 75.4 Å². The molecule has 0 radical (unpaired) electrons. The van der Waals surface area contributed by atoms with Gasteiger partial charge in [-0.25, -0.2) is 0 Å². The second-order valence-electron chi connectivity index (χ2n) is 7.07. The van der Waals surface area contributed by atoms with Crippen LogP contribution >= 0.6 is 11.3 Å². The second kappa shape index (κ2) is 7.69. The molecule has 8 nitrogen and oxygen atoms in total. The predicted molar refractivity (Wildman–Crippen MR) is 121 cm³/mol. The minimum atomic E-state index is -0.659. The maximum Gasteiger partial charge on any atom is 0.310 e. The van der Waals surface area contributed by atoms with E-state index < -0.39 is 10.4 Å². The number of fused-ring (bicyclic) bond motifs is 1. The highest BCUT2D eigenvalue weighted by Crippen LogP contribution is 2.38. The highest BCUT2D eigenvalue weighted by molar-refractivity contribution is 7.11. The fourth-order valence-corrected chi connectivity index (χ4v) is 4.36. The van der Waals surface area contributed by atoms with Gasteiger partial charge < -0.3 is 10.4 Å². The van der Waals surface area contributed by atoms with E-state index in [1.54, 1.807) is 6.20 Å². The quantitative estimate of drug-likeness (QED) is 0.395. The molecule has 4 aromatic rings. The van der Waals surface area contributed by atoms with E-state index in [1.165, 1.54) is 0 Å². The largest absolute Gasteiger partial charge is 0.499 e. The number of aromatic hydroxyl groups is 1. The molecule has 1 aliphatic rings. The van der Waals surface area contributed by atoms with Crippen molar-refractivity contribution in [1.29, 1.82) is 0 Å². The molecule has 154 valence electrons. The van der Waals surface area contributed by atoms with Crippen LogP contribution in [0.25, 0.3) is 11.3 Å². The van der Waals surface area contributed by atoms with Gasteiger partial charge in [-0.05, 0) is 29.0 Å². The lowest BCUT2D eigenvalue weighted by Crippen LogP contribution is -2.25. The Bertz CT molecular complexity index is 1400. The highest BCUT2D eigenvalue weighted by Gasteiger charge is 2.27. The number of benzene rings is 2. The van der Waals surface area contributed by atoms with Gasteiger partial charge in [0, 0.05) is 12.0 Å². The van der Waals surface area contributed by atoms with Crippen molar-refractivity contribution in [2.24, 2.45) is 4.99 Å². The number of hydrogen-bond acceptors (Lipinski definition) is 7. The van der Waals surface area contributed by atoms with Crippen LogP contribution in [-0.4, -0.2) is 26.0 Å². The minimum Gasteiger partial charge on any atom is -0.499 e. The molecule has 5 rings (SSSR count). The number of aromatic amines is 2. The lowest BCUT2D eigenvalue weighted by Gasteiger charge is -2.19. The van der Waals surface area contributed by atoms with Crippen LogP contribution in [0, 0.1) is 0 Å². The Morgan fingerprint density at radius 3 is 2.61 bits per heavy atom. The number of anilines is 1. The van der Waals surface area contributed by atoms with Crippen LogP contribution in [-0.2, 0) is 0 Å². The van der Waals surface area contributed by atoms with Gasteiger partial charge >= 0.3 is 4.87 Å². The molecule has 0 saturated heterocycles. The molecule has 1 unspecified atom stereocenters. The first-order valence-corrected chi connectivity index (χ1v) is 10.4. The zero-order valence-corrected chi connectivity index (χ0v) is 16.9. The fourth-order valence-electron chi connectivity index (χ4n) is 3.73. The first kappa shape index (κ1) is 19.0. The summed E-state index contributed by atoms with van der Waals surface area (Å²) in [6, 6.07) is 17.0. The lowest BCUT2D eigenvalue weighted by atomic mass is 9.96. The van der Waals surface area contributed by atoms with Gasteiger partial charge in [-0.15, -0.1) is 0 Å². The first-order valence-electron chi connectivity index (χ1n) is 9.58. The molecular weight excluding hydrogens is 414 g/mol. The maximum atomic E-state index is 12.5. The van der Waals surface area contributed by atoms with Crippen molar-refractivity contribution in [3.8, 4) is 16.3 Å². The summed E-state index contributed by atoms with van der Waals surface area (Å²) in [6.07, 6.45) is 2.05. The van der Waals surface area contributed by atoms with Crippen molar-refractivity contribution in [3.05, 3.63) is 91.9 Å². The van der Waals surface area contributed by atoms with Crippen molar-refractivity contribution < 1.29 is 5.11 Å². The molecule has 0 amide bonds. The van der Waals surface area contributed by atoms with Gasteiger partial charge in [-0.3, -0.25) is 24.7 Å². The summed E-state index contributed by atoms with van der Waals surface area (Å²) in [5, 5.41) is 20.8. The van der Waals surface area contributed by atoms with Crippen LogP contribution in [0.3, 0.4) is 0 Å². The predicted octanol–water partition coefficient (Wildman–Crippen LogP) is 3.57. The number of para-hydroxylation sites is 2. The topological polar surface area (TPSA) is 123 Å². The van der Waals surface area contributed by atoms with E-state index in [9.17, 15) is 14.7 Å². The number of rotatable bonds is 3. The van der Waals surface area contributed by atoms with Crippen LogP contribution < -0.4 is 15.7 Å². The van der Waals surface area contributed by atoms with E-state index in [1.807, 2.05) is 54.6 Å². The maximum absolute atomic E-state index is 12.5. The van der Waals surface area contributed by atoms with E-state index in [2.05, 4.69) is 25.5 Å². The van der Waals surface area contributed by atoms with Gasteiger partial charge in [0.25, 0.3) is 5.56 Å². The lowest BCUT2D eigenvalue weighted by molar-refractivity contribution is 0.487. The average molecular weight is 431 g/mol. The summed E-state index contributed by atoms with van der Waals surface area (Å²) >= 11 is 0.578. The number of nitrogens with one attached hydrogen (secondary N) is 3. The Morgan fingerprint density at radius 1 is 1.03 bits per heavy atom. The molecule has 0 aliphatic carbocycles. The molecule has 2 aromatic heterocycles. The van der Waals surface area contributed by atoms with Crippen LogP contribution in [0.5, 0.6) is 5.06 Å². The molecule has 0 fully saturated rings. The van der Waals surface area contributed by atoms with Crippen LogP contribution in [0.1, 0.15) is 23.6 Å². The van der Waals surface area contributed by atoms with Gasteiger partial charge in [0.1, 0.15) is 5.56 Å². The minimum absolute atomic E-state index is 0.0119. The molecule has 1 atom stereocenters. The van der Waals surface area contributed by atoms with Gasteiger partial charge in [0.15, 0.2) is 5.06 Å². The molecule has 0 bridgehead atoms. The van der Waals surface area contributed by atoms with Gasteiger partial charge in [0.05, 0.1) is 35.0 Å². The molecule has 0 saturated carbocycles. The third-order valence-electron chi connectivity index (χ3n) is 5.13. The monoisotopic (exact) mass is 431 g/mol. The number of hydrogen-bond donors (Lipinski definition) is 4. The molecule has 9 heteroatoms. The van der Waals surface area contributed by atoms with E-state index in [-0.39, 0.29) is 16.7 Å². The molecule has 31 heavy (non-hydrogen) atoms. The van der Waals surface area contributed by atoms with Crippen LogP contribution in [0.2, 0.25) is 0 Å². The van der Waals surface area contributed by atoms with Crippen LogP contribution in [0.4, 0.5) is 11.4 Å². The zero-order chi connectivity index (χ0) is 21.4. The fraction of sp³-hybridized carbons (Fsp3) is 0.0909. The summed E-state index contributed by atoms with van der Waals surface area (Å²) in [4.78, 5) is 30.4. The molecule has 3 heterocycles. The Balaban J connectivity index is 1.66. The summed E-state index contributed by atoms with van der Waals surface area (Å²) < 4.78 is 0. The van der Waals surface area contributed by atoms with Gasteiger partial charge in [0.2, 0.25) is 0 Å². The summed E-state index contributed by atoms with van der Waals surface area (Å²) in [7, 11) is 0. The molecule has 4 N–H and O–H groups in total. The third-order valence-corrected chi connectivity index (χ3v) is 5.81. The van der Waals surface area contributed by atoms with E-state index in [4.69, 9.17) is 0 Å². The smallest absolute Gasteiger partial charge is 0.310 e. The van der Waals surface area contributed by atoms with E-state index in [0.29, 0.717) is 29.2 Å². The summed E-state index contributed by atoms with van der Waals surface area (Å²) in [5.74, 6) is 0. The standard InChI is InChI=1S/C22H17N5O3S/c28-20-18(21(29)31-22(30)26-20)17-10-16(24-14-8-4-5-9-15(14)25-17)13-11-23-27-19(13)12-6-2-1-3-7-12/h1-9,11,16,24,29H,10H2,(H,23,27)(H,26,28,30). The van der Waals surface area contributed by atoms with Crippen molar-refractivity contribution in [3.63, 3.8) is 0 Å². The third kappa shape index (κ3) is 3.55. The Morgan fingerprint density at radius 2 is 1.81 bits per heavy atom. The number of nitrogens with zero attached hydrogens (tertiary/aromatic N) is 2. The van der Waals surface area contributed by atoms with E-state index in [0.717, 1.165) is 22.5 Å². The molecular formula is C22H17N5O3S. The number of aromatic nitrogens is 3. The van der Waals surface area contributed by atoms with Gasteiger partial charge in [-0.1, -0.05) is 42.5 Å². The van der Waals surface area contributed by atoms with E-state index >= 15 is 0 Å². The second-order valence-corrected chi connectivity index (χ2v) is 8.03. The molecule has 2 aromatic carbocycles. The Kier molecular flexibility index (Phi) is 4.72. The highest BCUT2D eigenvalue weighted by atomic mass is 32.1. The first-order chi connectivity index (χ1) is 15.1. The van der Waals surface area contributed by atoms with Crippen molar-refractivity contribution >= 4 is 28.4 Å². The normalized spacial score (nSPS) is 15.5. The Hall–Kier alpha value is -3.98. The summed E-state index contributed by atoms with van der Waals surface area (Å²) in [6.45, 7) is 0. The average Bonchev–Trinajstić information content (AvgIpc) is 3.16. The molecule has 0 spiro atoms.